The summed E-state index contributed by atoms with van der Waals surface area (Å²) >= 11 is 0.942. The van der Waals surface area contributed by atoms with Gasteiger partial charge < -0.3 is 19.5 Å². The van der Waals surface area contributed by atoms with Gasteiger partial charge in [-0.2, -0.15) is 10.2 Å². The fourth-order valence-corrected chi connectivity index (χ4v) is 6.40. The molecule has 0 atom stereocenters. The number of fused-ring (bicyclic) bond motifs is 4. The highest BCUT2D eigenvalue weighted by Gasteiger charge is 2.32. The fraction of sp³-hybridized carbons (Fsp3) is 0.360. The highest BCUT2D eigenvalue weighted by atomic mass is 32.1. The molecule has 0 fully saturated rings. The van der Waals surface area contributed by atoms with Gasteiger partial charge in [0.15, 0.2) is 5.65 Å². The van der Waals surface area contributed by atoms with Crippen molar-refractivity contribution in [2.45, 2.75) is 44.9 Å². The van der Waals surface area contributed by atoms with Crippen molar-refractivity contribution < 1.29 is 24.5 Å². The number of aliphatic carboxylic acids is 2. The van der Waals surface area contributed by atoms with Crippen LogP contribution in [0.15, 0.2) is 35.4 Å². The Morgan fingerprint density at radius 3 is 2.46 bits per heavy atom. The maximum Gasteiger partial charge on any atom is 0.325 e. The number of ether oxygens (including phenoxy) is 1. The zero-order valence-corrected chi connectivity index (χ0v) is 23.7. The Morgan fingerprint density at radius 1 is 1.08 bits per heavy atom. The lowest BCUT2D eigenvalue weighted by molar-refractivity contribution is -0.150. The molecule has 0 aliphatic carbocycles. The quantitative estimate of drug-likeness (QED) is 0.147. The van der Waals surface area contributed by atoms with Gasteiger partial charge in [0.1, 0.15) is 17.3 Å². The van der Waals surface area contributed by atoms with Crippen molar-refractivity contribution in [1.29, 1.82) is 0 Å². The van der Waals surface area contributed by atoms with Crippen LogP contribution in [0, 0.1) is 0 Å². The third-order valence-electron chi connectivity index (χ3n) is 6.59. The summed E-state index contributed by atoms with van der Waals surface area (Å²) in [6.45, 7) is 8.17. The number of hydrogen-bond donors (Lipinski definition) is 2. The van der Waals surface area contributed by atoms with Crippen LogP contribution in [0.2, 0.25) is 25.7 Å². The summed E-state index contributed by atoms with van der Waals surface area (Å²) < 4.78 is 11.1. The van der Waals surface area contributed by atoms with Gasteiger partial charge in [-0.05, 0) is 17.7 Å². The van der Waals surface area contributed by atoms with E-state index in [-0.39, 0.29) is 17.1 Å². The maximum atomic E-state index is 13.5. The minimum absolute atomic E-state index is 0.0603. The largest absolute Gasteiger partial charge is 0.480 e. The van der Waals surface area contributed by atoms with Crippen molar-refractivity contribution in [1.82, 2.24) is 29.1 Å². The predicted octanol–water partition coefficient (Wildman–Crippen LogP) is 3.31. The molecule has 5 aromatic rings. The van der Waals surface area contributed by atoms with E-state index in [4.69, 9.17) is 4.74 Å². The molecule has 12 nitrogen and oxygen atoms in total. The maximum absolute atomic E-state index is 13.5. The first kappa shape index (κ1) is 26.7. The molecule has 4 heterocycles. The van der Waals surface area contributed by atoms with E-state index in [1.54, 1.807) is 22.5 Å². The smallest absolute Gasteiger partial charge is 0.325 e. The highest BCUT2D eigenvalue weighted by Crippen LogP contribution is 2.34. The second-order valence-electron chi connectivity index (χ2n) is 10.6. The second-order valence-corrected chi connectivity index (χ2v) is 17.2. The zero-order valence-electron chi connectivity index (χ0n) is 21.9. The van der Waals surface area contributed by atoms with Crippen LogP contribution in [-0.2, 0) is 34.6 Å². The summed E-state index contributed by atoms with van der Waals surface area (Å²) in [4.78, 5) is 40.7. The van der Waals surface area contributed by atoms with Crippen LogP contribution in [0.5, 0.6) is 0 Å². The lowest BCUT2D eigenvalue weighted by Gasteiger charge is -2.15. The molecule has 0 unspecified atom stereocenters. The highest BCUT2D eigenvalue weighted by molar-refractivity contribution is 7.19. The van der Waals surface area contributed by atoms with Crippen LogP contribution in [0.3, 0.4) is 0 Å². The predicted molar refractivity (Wildman–Crippen MR) is 149 cm³/mol. The van der Waals surface area contributed by atoms with E-state index in [9.17, 15) is 24.6 Å². The van der Waals surface area contributed by atoms with Crippen molar-refractivity contribution >= 4 is 63.5 Å². The summed E-state index contributed by atoms with van der Waals surface area (Å²) in [5.74, 6) is -4.78. The topological polar surface area (TPSA) is 154 Å². The Balaban J connectivity index is 1.46. The van der Waals surface area contributed by atoms with Gasteiger partial charge in [-0.3, -0.25) is 14.4 Å². The van der Waals surface area contributed by atoms with Gasteiger partial charge in [-0.25, -0.2) is 14.3 Å². The Morgan fingerprint density at radius 2 is 1.77 bits per heavy atom. The van der Waals surface area contributed by atoms with E-state index in [1.165, 1.54) is 10.9 Å². The average Bonchev–Trinajstić information content (AvgIpc) is 3.52. The normalized spacial score (nSPS) is 12.3. The van der Waals surface area contributed by atoms with E-state index >= 15 is 0 Å². The number of aromatic nitrogens is 6. The first-order chi connectivity index (χ1) is 18.5. The molecule has 0 radical (unpaired) electrons. The lowest BCUT2D eigenvalue weighted by atomic mass is 10.1. The van der Waals surface area contributed by atoms with Gasteiger partial charge in [-0.15, -0.1) is 11.3 Å². The number of benzene rings is 1. The van der Waals surface area contributed by atoms with Gasteiger partial charge in [0.05, 0.1) is 29.2 Å². The Hall–Kier alpha value is -3.88. The van der Waals surface area contributed by atoms with Gasteiger partial charge in [-0.1, -0.05) is 31.8 Å². The molecule has 5 rings (SSSR count). The fourth-order valence-electron chi connectivity index (χ4n) is 4.45. The number of thiazole rings is 1. The van der Waals surface area contributed by atoms with Crippen LogP contribution in [0.25, 0.3) is 32.2 Å². The van der Waals surface area contributed by atoms with E-state index in [0.29, 0.717) is 34.6 Å². The van der Waals surface area contributed by atoms with E-state index in [1.807, 2.05) is 18.2 Å². The molecule has 0 amide bonds. The standard InChI is InChI=1S/C25H28N6O6SSi/c1-29-19-16(20-21(29)28-22(38-20)18(24(33)34)25(35)36)11-26-30(23(19)32)12-14-6-5-7-17-15(14)10-27-31(17)13-37-8-9-39(2,3)4/h5-7,10-11,18H,8-9,12-13H2,1-4H3,(H,33,34)(H,35,36). The van der Waals surface area contributed by atoms with Gasteiger partial charge in [0.25, 0.3) is 5.56 Å². The van der Waals surface area contributed by atoms with Gasteiger partial charge in [0.2, 0.25) is 5.92 Å². The average molecular weight is 569 g/mol. The molecule has 0 saturated heterocycles. The summed E-state index contributed by atoms with van der Waals surface area (Å²) in [6, 6.07) is 6.87. The van der Waals surface area contributed by atoms with Crippen LogP contribution >= 0.6 is 11.3 Å². The molecule has 204 valence electrons. The summed E-state index contributed by atoms with van der Waals surface area (Å²) in [6.07, 6.45) is 3.30. The number of nitrogens with zero attached hydrogens (tertiary/aromatic N) is 6. The number of hydrogen-bond acceptors (Lipinski definition) is 8. The SMILES string of the molecule is Cn1c2nc(C(C(=O)O)C(=O)O)sc2c2cnn(Cc3cccc4c3cnn4COCC[Si](C)(C)C)c(=O)c21. The molecule has 1 aromatic carbocycles. The number of rotatable bonds is 10. The lowest BCUT2D eigenvalue weighted by Crippen LogP contribution is -2.24. The third kappa shape index (κ3) is 4.97. The molecule has 2 N–H and O–H groups in total. The van der Waals surface area contributed by atoms with Crippen LogP contribution < -0.4 is 5.56 Å². The number of aryl methyl sites for hydroxylation is 1. The molecule has 39 heavy (non-hydrogen) atoms. The van der Waals surface area contributed by atoms with Crippen molar-refractivity contribution in [2.75, 3.05) is 6.61 Å². The minimum atomic E-state index is -1.78. The monoisotopic (exact) mass is 568 g/mol. The molecule has 0 aliphatic rings. The molecule has 0 bridgehead atoms. The van der Waals surface area contributed by atoms with Crippen molar-refractivity contribution in [3.63, 3.8) is 0 Å². The third-order valence-corrected chi connectivity index (χ3v) is 9.44. The van der Waals surface area contributed by atoms with Crippen LogP contribution in [0.4, 0.5) is 0 Å². The molecule has 0 saturated carbocycles. The number of carboxylic acid groups (broad SMARTS) is 2. The molecule has 0 spiro atoms. The zero-order chi connectivity index (χ0) is 28.1. The van der Waals surface area contributed by atoms with Crippen LogP contribution in [0.1, 0.15) is 16.5 Å². The van der Waals surface area contributed by atoms with Crippen molar-refractivity contribution in [2.24, 2.45) is 7.05 Å². The Bertz CT molecular complexity index is 1780. The molecular weight excluding hydrogens is 540 g/mol. The minimum Gasteiger partial charge on any atom is -0.480 e. The Labute approximate surface area is 227 Å². The van der Waals surface area contributed by atoms with Crippen molar-refractivity contribution in [3.05, 3.63) is 51.5 Å². The number of carboxylic acids is 2. The van der Waals surface area contributed by atoms with Gasteiger partial charge in [0, 0.05) is 32.5 Å². The Kier molecular flexibility index (Phi) is 6.86. The first-order valence-electron chi connectivity index (χ1n) is 12.3. The van der Waals surface area contributed by atoms with Crippen molar-refractivity contribution in [3.8, 4) is 0 Å². The summed E-state index contributed by atoms with van der Waals surface area (Å²) in [5, 5.41) is 28.8. The van der Waals surface area contributed by atoms with Gasteiger partial charge >= 0.3 is 11.9 Å². The van der Waals surface area contributed by atoms with E-state index < -0.39 is 25.9 Å². The molecule has 14 heteroatoms. The number of carbonyl (C=O) groups is 2. The molecule has 4 aromatic heterocycles. The van der Waals surface area contributed by atoms with Crippen LogP contribution in [-0.4, -0.2) is 65.9 Å². The molecule has 0 aliphatic heterocycles. The second kappa shape index (κ2) is 10.0. The van der Waals surface area contributed by atoms with E-state index in [2.05, 4.69) is 34.8 Å². The summed E-state index contributed by atoms with van der Waals surface area (Å²) in [7, 11) is 0.458. The van der Waals surface area contributed by atoms with E-state index in [0.717, 1.165) is 33.8 Å². The summed E-state index contributed by atoms with van der Waals surface area (Å²) in [5.41, 5.74) is 2.13. The molecular formula is C25H28N6O6SSi. The first-order valence-corrected chi connectivity index (χ1v) is 16.8.